The molecule has 2 aliphatic carbocycles. The first-order valence-electron chi connectivity index (χ1n) is 29.5. The lowest BCUT2D eigenvalue weighted by atomic mass is 9.71. The molecule has 7 fully saturated rings. The Hall–Kier alpha value is -3.96. The van der Waals surface area contributed by atoms with Gasteiger partial charge >= 0.3 is 0 Å². The van der Waals surface area contributed by atoms with Crippen LogP contribution < -0.4 is 0 Å². The van der Waals surface area contributed by atoms with Crippen molar-refractivity contribution in [3.05, 3.63) is 57.6 Å². The Morgan fingerprint density at radius 3 is 1.82 bits per heavy atom. The van der Waals surface area contributed by atoms with Gasteiger partial charge in [0.15, 0.2) is 60.9 Å². The first kappa shape index (κ1) is 60.7. The lowest BCUT2D eigenvalue weighted by Gasteiger charge is -2.51. The molecule has 24 atom stereocenters. The third kappa shape index (κ3) is 11.6. The van der Waals surface area contributed by atoms with Crippen molar-refractivity contribution in [2.24, 2.45) is 0 Å². The van der Waals surface area contributed by atoms with E-state index in [0.717, 1.165) is 0 Å². The molecule has 23 nitrogen and oxygen atoms in total. The minimum absolute atomic E-state index is 0.000437. The molecule has 0 radical (unpaired) electrons. The maximum Gasteiger partial charge on any atom is 0.198 e. The molecule has 0 saturated carbocycles. The van der Waals surface area contributed by atoms with Crippen LogP contribution in [0.3, 0.4) is 0 Å². The van der Waals surface area contributed by atoms with Crippen molar-refractivity contribution >= 4 is 23.1 Å². The highest BCUT2D eigenvalue weighted by Gasteiger charge is 2.55. The number of benzene rings is 2. The van der Waals surface area contributed by atoms with E-state index in [1.165, 1.54) is 24.3 Å². The van der Waals surface area contributed by atoms with Crippen LogP contribution in [0.2, 0.25) is 0 Å². The van der Waals surface area contributed by atoms with Crippen LogP contribution in [0, 0.1) is 0 Å². The van der Waals surface area contributed by atoms with Crippen LogP contribution in [0.15, 0.2) is 24.3 Å². The molecule has 458 valence electrons. The largest absolute Gasteiger partial charge is 0.507 e. The van der Waals surface area contributed by atoms with Crippen LogP contribution in [0.4, 0.5) is 0 Å². The molecule has 7 heterocycles. The molecule has 23 heteroatoms. The number of carbonyl (C=O) groups is 4. The van der Waals surface area contributed by atoms with Crippen LogP contribution in [-0.4, -0.2) is 216 Å². The predicted molar refractivity (Wildman–Crippen MR) is 288 cm³/mol. The van der Waals surface area contributed by atoms with Crippen molar-refractivity contribution in [1.29, 1.82) is 0 Å². The quantitative estimate of drug-likeness (QED) is 0.185. The number of Topliss-reactive ketones (excluding diaryl/α,β-unsaturated/α-hetero) is 2. The van der Waals surface area contributed by atoms with Gasteiger partial charge in [0.05, 0.1) is 59.5 Å². The summed E-state index contributed by atoms with van der Waals surface area (Å²) in [5.41, 5.74) is -2.21. The molecule has 83 heavy (non-hydrogen) atoms. The van der Waals surface area contributed by atoms with Gasteiger partial charge in [-0.3, -0.25) is 19.2 Å². The monoisotopic (exact) mass is 1170 g/mol. The zero-order chi connectivity index (χ0) is 59.2. The Bertz CT molecular complexity index is 2750. The molecule has 4 N–H and O–H groups in total. The minimum Gasteiger partial charge on any atom is -0.507 e. The number of rotatable bonds is 13. The van der Waals surface area contributed by atoms with Crippen LogP contribution in [-0.2, 0) is 71.2 Å². The van der Waals surface area contributed by atoms with E-state index in [1.54, 1.807) is 27.7 Å². The summed E-state index contributed by atoms with van der Waals surface area (Å²) in [5.74, 6) is -2.39. The molecule has 7 aliphatic heterocycles. The Morgan fingerprint density at radius 1 is 0.614 bits per heavy atom. The lowest BCUT2D eigenvalue weighted by molar-refractivity contribution is -0.371. The molecule has 7 saturated heterocycles. The summed E-state index contributed by atoms with van der Waals surface area (Å²) in [6, 6.07) is 4.99. The Labute approximate surface area is 483 Å². The van der Waals surface area contributed by atoms with Gasteiger partial charge < -0.3 is 91.8 Å². The summed E-state index contributed by atoms with van der Waals surface area (Å²) in [7, 11) is 7.63. The molecular formula is C60H82N2O21. The first-order chi connectivity index (χ1) is 39.4. The zero-order valence-electron chi connectivity index (χ0n) is 49.1. The fraction of sp³-hybridized carbons (Fsp3) is 0.733. The number of hydrogen-bond donors (Lipinski definition) is 4. The molecule has 0 aromatic heterocycles. The van der Waals surface area contributed by atoms with E-state index in [0.29, 0.717) is 19.3 Å². The molecule has 23 unspecified atom stereocenters. The molecule has 9 aliphatic rings. The number of phenols is 2. The van der Waals surface area contributed by atoms with Crippen LogP contribution in [0.5, 0.6) is 11.5 Å². The number of ketones is 4. The number of phenolic OH excluding ortho intramolecular Hbond substituents is 2. The van der Waals surface area contributed by atoms with Gasteiger partial charge in [0, 0.05) is 80.1 Å². The summed E-state index contributed by atoms with van der Waals surface area (Å²) in [5, 5.41) is 48.1. The van der Waals surface area contributed by atoms with E-state index in [4.69, 9.17) is 61.6 Å². The number of aliphatic hydroxyl groups is 2. The number of ether oxygens (including phenoxy) is 13. The van der Waals surface area contributed by atoms with Gasteiger partial charge in [0.25, 0.3) is 0 Å². The maximum atomic E-state index is 14.5. The van der Waals surface area contributed by atoms with Gasteiger partial charge in [0.1, 0.15) is 60.3 Å². The topological polar surface area (TPSA) is 276 Å². The Kier molecular flexibility index (Phi) is 17.5. The van der Waals surface area contributed by atoms with Gasteiger partial charge in [0.2, 0.25) is 0 Å². The van der Waals surface area contributed by atoms with E-state index in [-0.39, 0.29) is 101 Å². The van der Waals surface area contributed by atoms with Gasteiger partial charge in [-0.1, -0.05) is 19.1 Å². The number of fused-ring (bicyclic) bond motifs is 5. The van der Waals surface area contributed by atoms with Crippen molar-refractivity contribution in [3.63, 3.8) is 0 Å². The molecular weight excluding hydrogens is 1080 g/mol. The second kappa shape index (κ2) is 24.0. The number of aromatic hydroxyl groups is 2. The third-order valence-electron chi connectivity index (χ3n) is 18.6. The summed E-state index contributed by atoms with van der Waals surface area (Å²) in [6.45, 7) is 12.5. The standard InChI is InChI=1S/C60H82N2O21/c1-12-60(70)24-42(78-44-19-34(61(8)9)55(27(4)72-44)81-47-23-40-57(30(7)75-47)83-59-41(77-40)21-38(65)26(3)76-59)32-18-33-49(51(67)31-14-13-15-37(64)48(31)52(33)68)53(69)50(32)58(60)82-45-20-35(62(10)11)54(28(5)73-45)80-46-22-39(66)56(29(6)74-46)79-43-17-16-36(63)25(2)71-43/h13-15,18,25-30,34-35,39-47,54-59,64,66,69-70H,12,16-17,19-24H2,1-11H3/t25?,26?,27?,28?,29?,30?,34?,35?,39?,40?,41?,42?,43?,44?,45?,46?,47?,54?,55?,56?,57?,58?,59?,60-/m1/s1. The SMILES string of the molecule is CC[C@@]1(O)CC(OC2CC(N(C)C)C(OC3CC4OC5CC(=O)C(C)OC5OC4C(C)O3)C(C)O2)c2cc3c(c(O)c2C1OC1CC(N(C)C)C(OC2CC(O)C(OC4CCC(=O)C(C)O4)C(C)O2)C(C)O1)C(=O)c1cccc(O)c1C3=O. The van der Waals surface area contributed by atoms with Crippen molar-refractivity contribution < 1.29 is 101 Å². The molecule has 0 bridgehead atoms. The third-order valence-corrected chi connectivity index (χ3v) is 18.6. The second-order valence-electron chi connectivity index (χ2n) is 24.6. The number of carbonyl (C=O) groups excluding carboxylic acids is 4. The molecule has 2 aromatic rings. The Morgan fingerprint density at radius 2 is 1.19 bits per heavy atom. The average Bonchev–Trinajstić information content (AvgIpc) is 3.51. The van der Waals surface area contributed by atoms with Gasteiger partial charge in [-0.2, -0.15) is 0 Å². The van der Waals surface area contributed by atoms with E-state index in [1.807, 2.05) is 58.8 Å². The number of nitrogens with zero attached hydrogens (tertiary/aromatic N) is 2. The van der Waals surface area contributed by atoms with Gasteiger partial charge in [-0.25, -0.2) is 0 Å². The fourth-order valence-corrected chi connectivity index (χ4v) is 13.9. The van der Waals surface area contributed by atoms with Crippen molar-refractivity contribution in [2.75, 3.05) is 28.2 Å². The van der Waals surface area contributed by atoms with Crippen LogP contribution >= 0.6 is 0 Å². The zero-order valence-corrected chi connectivity index (χ0v) is 49.1. The van der Waals surface area contributed by atoms with E-state index < -0.39 is 152 Å². The highest BCUT2D eigenvalue weighted by Crippen LogP contribution is 2.55. The molecule has 0 amide bonds. The van der Waals surface area contributed by atoms with Crippen molar-refractivity contribution in [1.82, 2.24) is 9.80 Å². The summed E-state index contributed by atoms with van der Waals surface area (Å²) < 4.78 is 83.9. The summed E-state index contributed by atoms with van der Waals surface area (Å²) in [6.07, 6.45) is -13.3. The molecule has 0 spiro atoms. The number of aliphatic hydroxyl groups excluding tert-OH is 1. The minimum atomic E-state index is -1.79. The highest BCUT2D eigenvalue weighted by molar-refractivity contribution is 6.30. The normalized spacial score (nSPS) is 42.9. The van der Waals surface area contributed by atoms with Crippen molar-refractivity contribution in [3.8, 4) is 11.5 Å². The predicted octanol–water partition coefficient (Wildman–Crippen LogP) is 4.40. The second-order valence-corrected chi connectivity index (χ2v) is 24.6. The van der Waals surface area contributed by atoms with Crippen LogP contribution in [0.1, 0.15) is 161 Å². The Balaban J connectivity index is 0.833. The average molecular weight is 1170 g/mol. The summed E-state index contributed by atoms with van der Waals surface area (Å²) in [4.78, 5) is 57.6. The van der Waals surface area contributed by atoms with E-state index in [9.17, 15) is 39.6 Å². The van der Waals surface area contributed by atoms with Crippen LogP contribution in [0.25, 0.3) is 0 Å². The smallest absolute Gasteiger partial charge is 0.198 e. The molecule has 11 rings (SSSR count). The highest BCUT2D eigenvalue weighted by atomic mass is 16.8. The van der Waals surface area contributed by atoms with E-state index in [2.05, 4.69) is 0 Å². The first-order valence-corrected chi connectivity index (χ1v) is 29.5. The van der Waals surface area contributed by atoms with Gasteiger partial charge in [-0.15, -0.1) is 0 Å². The number of hydrogen-bond acceptors (Lipinski definition) is 23. The number of likely N-dealkylation sites (N-methyl/N-ethyl adjacent to an activating group) is 2. The van der Waals surface area contributed by atoms with E-state index >= 15 is 0 Å². The fourth-order valence-electron chi connectivity index (χ4n) is 13.9. The van der Waals surface area contributed by atoms with Crippen molar-refractivity contribution in [2.45, 2.75) is 253 Å². The summed E-state index contributed by atoms with van der Waals surface area (Å²) >= 11 is 0. The van der Waals surface area contributed by atoms with Gasteiger partial charge in [-0.05, 0) is 93.9 Å². The molecule has 2 aromatic carbocycles. The lowest BCUT2D eigenvalue weighted by Crippen LogP contribution is -2.62. The maximum absolute atomic E-state index is 14.5.